The molecule has 0 atom stereocenters. The molecule has 0 amide bonds. The highest BCUT2D eigenvalue weighted by molar-refractivity contribution is 7.71. The number of fused-ring (bicyclic) bond motifs is 1. The van der Waals surface area contributed by atoms with Gasteiger partial charge in [0.2, 0.25) is 0 Å². The summed E-state index contributed by atoms with van der Waals surface area (Å²) in [5.74, 6) is 0.586. The molecule has 0 unspecified atom stereocenters. The molecule has 0 aliphatic carbocycles. The van der Waals surface area contributed by atoms with E-state index < -0.39 is 0 Å². The predicted molar refractivity (Wildman–Crippen MR) is 110 cm³/mol. The number of hydrogen-bond acceptors (Lipinski definition) is 5. The number of aliphatic hydroxyl groups excluding tert-OH is 1. The highest BCUT2D eigenvalue weighted by atomic mass is 32.1. The van der Waals surface area contributed by atoms with E-state index in [9.17, 15) is 10.0 Å². The lowest BCUT2D eigenvalue weighted by Crippen LogP contribution is -1.98. The fraction of sp³-hybridized carbons (Fsp3) is 0.100. The van der Waals surface area contributed by atoms with Crippen molar-refractivity contribution in [1.82, 2.24) is 14.8 Å². The Morgan fingerprint density at radius 2 is 2.00 bits per heavy atom. The second kappa shape index (κ2) is 7.92. The molecule has 3 rings (SSSR count). The Morgan fingerprint density at radius 1 is 1.26 bits per heavy atom. The number of rotatable bonds is 5. The van der Waals surface area contributed by atoms with Gasteiger partial charge in [0.15, 0.2) is 10.6 Å². The maximum absolute atomic E-state index is 10.8. The van der Waals surface area contributed by atoms with Crippen LogP contribution in [-0.2, 0) is 0 Å². The summed E-state index contributed by atoms with van der Waals surface area (Å²) in [6.45, 7) is 3.54. The molecule has 0 saturated carbocycles. The van der Waals surface area contributed by atoms with Gasteiger partial charge in [0.25, 0.3) is 0 Å². The first-order valence-electron chi connectivity index (χ1n) is 8.26. The van der Waals surface area contributed by atoms with Gasteiger partial charge >= 0.3 is 0 Å². The molecular weight excluding hydrogens is 360 g/mol. The Morgan fingerprint density at radius 3 is 2.74 bits per heavy atom. The number of nitrogens with one attached hydrogen (secondary N) is 1. The molecule has 0 spiro atoms. The standard InChI is InChI=1S/C20H18N4O2S/c1-13-6-3-9-17-16(13)8-5-10-18(17)24-19(21-22-20(24)27)11-4-7-15(23-26)12-14(2)25/h3-12,25H,1-2H3,(H,22,27)/b11-4+,14-12+,15-7+. The molecule has 2 aromatic carbocycles. The fourth-order valence-corrected chi connectivity index (χ4v) is 3.09. The van der Waals surface area contributed by atoms with Crippen molar-refractivity contribution in [3.05, 3.63) is 87.1 Å². The van der Waals surface area contributed by atoms with E-state index in [4.69, 9.17) is 12.2 Å². The molecule has 6 nitrogen and oxygen atoms in total. The van der Waals surface area contributed by atoms with Crippen LogP contribution in [0.5, 0.6) is 0 Å². The van der Waals surface area contributed by atoms with Crippen molar-refractivity contribution >= 4 is 29.1 Å². The molecule has 0 aliphatic rings. The molecule has 7 heteroatoms. The number of aryl methyl sites for hydroxylation is 1. The van der Waals surface area contributed by atoms with Gasteiger partial charge in [-0.1, -0.05) is 36.4 Å². The zero-order chi connectivity index (χ0) is 19.4. The van der Waals surface area contributed by atoms with Crippen LogP contribution in [0.3, 0.4) is 0 Å². The van der Waals surface area contributed by atoms with Crippen LogP contribution >= 0.6 is 12.2 Å². The SMILES string of the molecule is C\C(O)=C/C(=C\C=C\c1n[nH]c(=S)n1-c1cccc2c(C)cccc12)N=O. The highest BCUT2D eigenvalue weighted by Crippen LogP contribution is 2.26. The quantitative estimate of drug-likeness (QED) is 0.265. The largest absolute Gasteiger partial charge is 0.513 e. The molecule has 0 aliphatic heterocycles. The van der Waals surface area contributed by atoms with Gasteiger partial charge in [-0.15, -0.1) is 4.91 Å². The van der Waals surface area contributed by atoms with Crippen LogP contribution in [0.15, 0.2) is 71.3 Å². The molecular formula is C20H18N4O2S. The average molecular weight is 378 g/mol. The normalized spacial score (nSPS) is 12.8. The van der Waals surface area contributed by atoms with Crippen LogP contribution in [0.25, 0.3) is 22.5 Å². The van der Waals surface area contributed by atoms with E-state index in [2.05, 4.69) is 34.4 Å². The number of aromatic nitrogens is 3. The Bertz CT molecular complexity index is 1150. The van der Waals surface area contributed by atoms with Gasteiger partial charge in [-0.25, -0.2) is 0 Å². The topological polar surface area (TPSA) is 83.3 Å². The molecule has 0 saturated heterocycles. The third kappa shape index (κ3) is 3.93. The van der Waals surface area contributed by atoms with Crippen LogP contribution in [0.2, 0.25) is 0 Å². The van der Waals surface area contributed by atoms with Gasteiger partial charge in [-0.05, 0) is 60.4 Å². The maximum atomic E-state index is 10.8. The van der Waals surface area contributed by atoms with Crippen molar-refractivity contribution in [1.29, 1.82) is 0 Å². The first kappa shape index (κ1) is 18.5. The maximum Gasteiger partial charge on any atom is 0.200 e. The van der Waals surface area contributed by atoms with E-state index in [0.29, 0.717) is 10.6 Å². The van der Waals surface area contributed by atoms with Crippen LogP contribution in [0.4, 0.5) is 0 Å². The van der Waals surface area contributed by atoms with E-state index in [-0.39, 0.29) is 11.5 Å². The Hall–Kier alpha value is -3.32. The monoisotopic (exact) mass is 378 g/mol. The summed E-state index contributed by atoms with van der Waals surface area (Å²) in [4.78, 5) is 10.8. The van der Waals surface area contributed by atoms with Crippen molar-refractivity contribution in [3.8, 4) is 5.69 Å². The lowest BCUT2D eigenvalue weighted by Gasteiger charge is -2.10. The summed E-state index contributed by atoms with van der Waals surface area (Å²) < 4.78 is 2.30. The van der Waals surface area contributed by atoms with E-state index in [0.717, 1.165) is 16.5 Å². The zero-order valence-corrected chi connectivity index (χ0v) is 15.7. The van der Waals surface area contributed by atoms with Gasteiger partial charge in [0, 0.05) is 11.5 Å². The van der Waals surface area contributed by atoms with Crippen LogP contribution in [0, 0.1) is 16.6 Å². The third-order valence-corrected chi connectivity index (χ3v) is 4.30. The van der Waals surface area contributed by atoms with E-state index in [1.807, 2.05) is 28.8 Å². The molecule has 0 fully saturated rings. The number of nitrogens with zero attached hydrogens (tertiary/aromatic N) is 3. The minimum atomic E-state index is 0.00283. The molecule has 27 heavy (non-hydrogen) atoms. The molecule has 136 valence electrons. The number of nitroso groups, excluding NO2 is 1. The molecule has 2 N–H and O–H groups in total. The van der Waals surface area contributed by atoms with Gasteiger partial charge < -0.3 is 5.11 Å². The molecule has 1 aromatic heterocycles. The lowest BCUT2D eigenvalue weighted by atomic mass is 10.0. The summed E-state index contributed by atoms with van der Waals surface area (Å²) in [5, 5.41) is 21.4. The van der Waals surface area contributed by atoms with Crippen molar-refractivity contribution < 1.29 is 5.11 Å². The first-order chi connectivity index (χ1) is 13.0. The second-order valence-corrected chi connectivity index (χ2v) is 6.38. The summed E-state index contributed by atoms with van der Waals surface area (Å²) in [6.07, 6.45) is 6.12. The van der Waals surface area contributed by atoms with Crippen molar-refractivity contribution in [2.75, 3.05) is 0 Å². The lowest BCUT2D eigenvalue weighted by molar-refractivity contribution is 0.414. The highest BCUT2D eigenvalue weighted by Gasteiger charge is 2.10. The summed E-state index contributed by atoms with van der Waals surface area (Å²) in [6, 6.07) is 12.2. The number of H-pyrrole nitrogens is 1. The average Bonchev–Trinajstić information content (AvgIpc) is 3.01. The van der Waals surface area contributed by atoms with Gasteiger partial charge in [0.05, 0.1) is 11.4 Å². The Labute approximate surface area is 161 Å². The minimum Gasteiger partial charge on any atom is -0.513 e. The van der Waals surface area contributed by atoms with E-state index >= 15 is 0 Å². The van der Waals surface area contributed by atoms with Crippen LogP contribution in [-0.4, -0.2) is 19.9 Å². The number of aromatic amines is 1. The van der Waals surface area contributed by atoms with Crippen molar-refractivity contribution in [2.24, 2.45) is 5.18 Å². The summed E-state index contributed by atoms with van der Waals surface area (Å²) in [7, 11) is 0. The molecule has 0 bridgehead atoms. The minimum absolute atomic E-state index is 0.00283. The Kier molecular flexibility index (Phi) is 5.42. The van der Waals surface area contributed by atoms with Crippen molar-refractivity contribution in [2.45, 2.75) is 13.8 Å². The third-order valence-electron chi connectivity index (χ3n) is 4.03. The van der Waals surface area contributed by atoms with Gasteiger partial charge in [-0.2, -0.15) is 5.10 Å². The fourth-order valence-electron chi connectivity index (χ4n) is 2.85. The number of benzene rings is 2. The van der Waals surface area contributed by atoms with Gasteiger partial charge in [0.1, 0.15) is 5.70 Å². The molecule has 3 aromatic rings. The number of hydrogen-bond donors (Lipinski definition) is 2. The van der Waals surface area contributed by atoms with E-state index in [1.54, 1.807) is 12.2 Å². The predicted octanol–water partition coefficient (Wildman–Crippen LogP) is 5.52. The summed E-state index contributed by atoms with van der Waals surface area (Å²) in [5.41, 5.74) is 2.20. The number of aliphatic hydroxyl groups is 1. The smallest absolute Gasteiger partial charge is 0.200 e. The zero-order valence-electron chi connectivity index (χ0n) is 14.9. The van der Waals surface area contributed by atoms with Crippen LogP contribution < -0.4 is 0 Å². The van der Waals surface area contributed by atoms with Crippen molar-refractivity contribution in [3.63, 3.8) is 0 Å². The van der Waals surface area contributed by atoms with Crippen LogP contribution in [0.1, 0.15) is 18.3 Å². The second-order valence-electron chi connectivity index (χ2n) is 6.00. The van der Waals surface area contributed by atoms with Gasteiger partial charge in [-0.3, -0.25) is 9.67 Å². The Balaban J connectivity index is 2.10. The molecule has 0 radical (unpaired) electrons. The summed E-state index contributed by atoms with van der Waals surface area (Å²) >= 11 is 5.42. The van der Waals surface area contributed by atoms with E-state index in [1.165, 1.54) is 24.6 Å². The first-order valence-corrected chi connectivity index (χ1v) is 8.67. The number of allylic oxidation sites excluding steroid dienone is 4. The molecule has 1 heterocycles.